The molecule has 88 valence electrons. The van der Waals surface area contributed by atoms with Gasteiger partial charge in [-0.1, -0.05) is 12.8 Å². The van der Waals surface area contributed by atoms with Crippen molar-refractivity contribution in [2.45, 2.75) is 44.6 Å². The largest absolute Gasteiger partial charge is 0.481 e. The Morgan fingerprint density at radius 2 is 2.19 bits per heavy atom. The molecule has 0 spiro atoms. The summed E-state index contributed by atoms with van der Waals surface area (Å²) >= 11 is 0. The Balaban J connectivity index is 2.08. The van der Waals surface area contributed by atoms with Crippen molar-refractivity contribution in [1.82, 2.24) is 9.78 Å². The summed E-state index contributed by atoms with van der Waals surface area (Å²) in [6.45, 7) is 0.0738. The number of carboxylic acid groups (broad SMARTS) is 1. The van der Waals surface area contributed by atoms with E-state index >= 15 is 0 Å². The van der Waals surface area contributed by atoms with Crippen LogP contribution in [0.4, 0.5) is 0 Å². The van der Waals surface area contributed by atoms with Gasteiger partial charge in [0, 0.05) is 5.92 Å². The molecule has 0 unspecified atom stereocenters. The molecule has 6 nitrogen and oxygen atoms in total. The van der Waals surface area contributed by atoms with Gasteiger partial charge in [-0.3, -0.25) is 4.79 Å². The first-order chi connectivity index (χ1) is 7.66. The van der Waals surface area contributed by atoms with Crippen molar-refractivity contribution >= 4 is 5.97 Å². The summed E-state index contributed by atoms with van der Waals surface area (Å²) in [6, 6.07) is 0. The third-order valence-corrected chi connectivity index (χ3v) is 2.86. The maximum atomic E-state index is 11.4. The van der Waals surface area contributed by atoms with Crippen molar-refractivity contribution in [3.05, 3.63) is 16.4 Å². The van der Waals surface area contributed by atoms with Gasteiger partial charge in [0.15, 0.2) is 0 Å². The van der Waals surface area contributed by atoms with Gasteiger partial charge in [-0.15, -0.1) is 5.10 Å². The van der Waals surface area contributed by atoms with Gasteiger partial charge in [0.1, 0.15) is 0 Å². The lowest BCUT2D eigenvalue weighted by Gasteiger charge is -2.00. The van der Waals surface area contributed by atoms with Crippen molar-refractivity contribution in [2.24, 2.45) is 0 Å². The Bertz CT molecular complexity index is 428. The number of rotatable bonds is 4. The molecule has 1 aromatic heterocycles. The van der Waals surface area contributed by atoms with Gasteiger partial charge >= 0.3 is 11.7 Å². The lowest BCUT2D eigenvalue weighted by atomic mass is 10.1. The highest BCUT2D eigenvalue weighted by atomic mass is 16.4. The van der Waals surface area contributed by atoms with Crippen LogP contribution < -0.4 is 5.76 Å². The van der Waals surface area contributed by atoms with E-state index in [1.807, 2.05) is 0 Å². The van der Waals surface area contributed by atoms with Crippen molar-refractivity contribution in [2.75, 3.05) is 0 Å². The van der Waals surface area contributed by atoms with Gasteiger partial charge in [-0.05, 0) is 12.8 Å². The molecule has 0 atom stereocenters. The van der Waals surface area contributed by atoms with Crippen LogP contribution >= 0.6 is 0 Å². The van der Waals surface area contributed by atoms with Crippen LogP contribution in [0.5, 0.6) is 0 Å². The topological polar surface area (TPSA) is 85.3 Å². The Morgan fingerprint density at radius 3 is 2.81 bits per heavy atom. The Morgan fingerprint density at radius 1 is 1.50 bits per heavy atom. The summed E-state index contributed by atoms with van der Waals surface area (Å²) in [6.07, 6.45) is 4.15. The number of hydrogen-bond acceptors (Lipinski definition) is 4. The van der Waals surface area contributed by atoms with Gasteiger partial charge in [0.05, 0.1) is 13.0 Å². The van der Waals surface area contributed by atoms with Gasteiger partial charge in [0.2, 0.25) is 5.89 Å². The van der Waals surface area contributed by atoms with Gasteiger partial charge in [0.25, 0.3) is 0 Å². The third-order valence-electron chi connectivity index (χ3n) is 2.86. The quantitative estimate of drug-likeness (QED) is 0.826. The minimum Gasteiger partial charge on any atom is -0.481 e. The summed E-state index contributed by atoms with van der Waals surface area (Å²) in [5.41, 5.74) is 0. The van der Waals surface area contributed by atoms with Crippen LogP contribution in [0.25, 0.3) is 0 Å². The van der Waals surface area contributed by atoms with E-state index in [4.69, 9.17) is 9.52 Å². The summed E-state index contributed by atoms with van der Waals surface area (Å²) in [5.74, 6) is -0.799. The highest BCUT2D eigenvalue weighted by molar-refractivity contribution is 5.66. The average Bonchev–Trinajstić information content (AvgIpc) is 2.83. The standard InChI is InChI=1S/C10H14N2O4/c13-8(14)5-6-12-10(15)16-9(11-12)7-3-1-2-4-7/h7H,1-6H2,(H,13,14). The number of aryl methyl sites for hydroxylation is 1. The zero-order valence-electron chi connectivity index (χ0n) is 8.89. The smallest absolute Gasteiger partial charge is 0.437 e. The number of aliphatic carboxylic acids is 1. The average molecular weight is 226 g/mol. The predicted molar refractivity (Wildman–Crippen MR) is 54.2 cm³/mol. The second-order valence-electron chi connectivity index (χ2n) is 4.05. The number of carboxylic acids is 1. The lowest BCUT2D eigenvalue weighted by Crippen LogP contribution is -2.17. The fourth-order valence-corrected chi connectivity index (χ4v) is 2.00. The zero-order chi connectivity index (χ0) is 11.5. The molecule has 6 heteroatoms. The van der Waals surface area contributed by atoms with E-state index in [0.717, 1.165) is 30.4 Å². The van der Waals surface area contributed by atoms with Crippen LogP contribution in [0.2, 0.25) is 0 Å². The summed E-state index contributed by atoms with van der Waals surface area (Å²) < 4.78 is 6.13. The molecule has 16 heavy (non-hydrogen) atoms. The van der Waals surface area contributed by atoms with Crippen LogP contribution in [0.3, 0.4) is 0 Å². The predicted octanol–water partition coefficient (Wildman–Crippen LogP) is 0.969. The summed E-state index contributed by atoms with van der Waals surface area (Å²) in [7, 11) is 0. The van der Waals surface area contributed by atoms with Gasteiger partial charge < -0.3 is 9.52 Å². The van der Waals surface area contributed by atoms with Crippen molar-refractivity contribution < 1.29 is 14.3 Å². The molecule has 1 saturated carbocycles. The summed E-state index contributed by atoms with van der Waals surface area (Å²) in [5, 5.41) is 12.5. The molecule has 0 aromatic carbocycles. The Kier molecular flexibility index (Phi) is 3.07. The molecular weight excluding hydrogens is 212 g/mol. The fourth-order valence-electron chi connectivity index (χ4n) is 2.00. The van der Waals surface area contributed by atoms with Crippen LogP contribution in [0.1, 0.15) is 43.9 Å². The molecule has 1 fully saturated rings. The van der Waals surface area contributed by atoms with Crippen LogP contribution in [0.15, 0.2) is 9.21 Å². The molecule has 1 aromatic rings. The van der Waals surface area contributed by atoms with Gasteiger partial charge in [-0.25, -0.2) is 4.79 Å². The number of nitrogens with zero attached hydrogens (tertiary/aromatic N) is 2. The minimum absolute atomic E-state index is 0.0738. The normalized spacial score (nSPS) is 16.8. The maximum absolute atomic E-state index is 11.4. The maximum Gasteiger partial charge on any atom is 0.437 e. The van der Waals surface area contributed by atoms with E-state index in [0.29, 0.717) is 5.89 Å². The zero-order valence-corrected chi connectivity index (χ0v) is 8.89. The Hall–Kier alpha value is -1.59. The molecule has 1 aliphatic rings. The molecule has 2 rings (SSSR count). The van der Waals surface area contributed by atoms with E-state index in [1.165, 1.54) is 0 Å². The van der Waals surface area contributed by atoms with E-state index in [2.05, 4.69) is 5.10 Å². The van der Waals surface area contributed by atoms with Crippen molar-refractivity contribution in [1.29, 1.82) is 0 Å². The molecule has 1 heterocycles. The van der Waals surface area contributed by atoms with E-state index < -0.39 is 11.7 Å². The first-order valence-electron chi connectivity index (χ1n) is 5.46. The lowest BCUT2D eigenvalue weighted by molar-refractivity contribution is -0.137. The van der Waals surface area contributed by atoms with Crippen LogP contribution in [-0.2, 0) is 11.3 Å². The second kappa shape index (κ2) is 4.51. The molecule has 0 amide bonds. The van der Waals surface area contributed by atoms with E-state index in [1.54, 1.807) is 0 Å². The molecule has 1 N–H and O–H groups in total. The van der Waals surface area contributed by atoms with Crippen LogP contribution in [-0.4, -0.2) is 20.9 Å². The minimum atomic E-state index is -0.947. The number of aromatic nitrogens is 2. The fraction of sp³-hybridized carbons (Fsp3) is 0.700. The highest BCUT2D eigenvalue weighted by Gasteiger charge is 2.23. The molecule has 0 radical (unpaired) electrons. The SMILES string of the molecule is O=C(O)CCn1nc(C2CCCC2)oc1=O. The van der Waals surface area contributed by atoms with Crippen molar-refractivity contribution in [3.63, 3.8) is 0 Å². The van der Waals surface area contributed by atoms with E-state index in [-0.39, 0.29) is 18.9 Å². The third kappa shape index (κ3) is 2.32. The first-order valence-corrected chi connectivity index (χ1v) is 5.46. The Labute approximate surface area is 91.9 Å². The van der Waals surface area contributed by atoms with Gasteiger partial charge in [-0.2, -0.15) is 4.68 Å². The molecule has 0 aliphatic heterocycles. The summed E-state index contributed by atoms with van der Waals surface area (Å²) in [4.78, 5) is 21.7. The number of hydrogen-bond donors (Lipinski definition) is 1. The van der Waals surface area contributed by atoms with Crippen molar-refractivity contribution in [3.8, 4) is 0 Å². The van der Waals surface area contributed by atoms with Crippen LogP contribution in [0, 0.1) is 0 Å². The monoisotopic (exact) mass is 226 g/mol. The molecule has 0 saturated heterocycles. The van der Waals surface area contributed by atoms with E-state index in [9.17, 15) is 9.59 Å². The molecule has 1 aliphatic carbocycles. The highest BCUT2D eigenvalue weighted by Crippen LogP contribution is 2.32. The molecular formula is C10H14N2O4. The second-order valence-corrected chi connectivity index (χ2v) is 4.05. The molecule has 0 bridgehead atoms. The number of carbonyl (C=O) groups is 1. The first kappa shape index (κ1) is 10.9.